The third kappa shape index (κ3) is 5.79. The van der Waals surface area contributed by atoms with E-state index in [0.717, 1.165) is 5.56 Å². The molecule has 0 saturated carbocycles. The van der Waals surface area contributed by atoms with Crippen LogP contribution in [0.3, 0.4) is 0 Å². The third-order valence-electron chi connectivity index (χ3n) is 5.39. The highest BCUT2D eigenvalue weighted by Crippen LogP contribution is 2.21. The Kier molecular flexibility index (Phi) is 7.54. The molecule has 1 fully saturated rings. The van der Waals surface area contributed by atoms with Gasteiger partial charge in [-0.3, -0.25) is 9.59 Å². The molecular weight excluding hydrogens is 459 g/mol. The van der Waals surface area contributed by atoms with Crippen molar-refractivity contribution in [3.8, 4) is 5.75 Å². The van der Waals surface area contributed by atoms with E-state index in [1.165, 1.54) is 23.5 Å². The van der Waals surface area contributed by atoms with Gasteiger partial charge in [-0.05, 0) is 41.3 Å². The molecular formula is C25H23FN2O5S. The van der Waals surface area contributed by atoms with Crippen molar-refractivity contribution in [3.63, 3.8) is 0 Å². The van der Waals surface area contributed by atoms with E-state index < -0.39 is 12.6 Å². The first-order valence-corrected chi connectivity index (χ1v) is 11.6. The SMILES string of the molecule is O=C(OCC(=O)N1CCN(C(=O)c2cccs2)CC1)c1ccccc1OCc1ccc(F)cc1. The lowest BCUT2D eigenvalue weighted by Gasteiger charge is -2.34. The van der Waals surface area contributed by atoms with Gasteiger partial charge < -0.3 is 19.3 Å². The number of benzene rings is 2. The standard InChI is InChI=1S/C25H23FN2O5S/c26-19-9-7-18(8-10-19)16-32-21-5-2-1-4-20(21)25(31)33-17-23(29)27-11-13-28(14-12-27)24(30)22-6-3-15-34-22/h1-10,15H,11-14,16-17H2. The average molecular weight is 483 g/mol. The van der Waals surface area contributed by atoms with E-state index in [1.54, 1.807) is 52.3 Å². The summed E-state index contributed by atoms with van der Waals surface area (Å²) in [7, 11) is 0. The second-order valence-electron chi connectivity index (χ2n) is 7.64. The quantitative estimate of drug-likeness (QED) is 0.481. The summed E-state index contributed by atoms with van der Waals surface area (Å²) >= 11 is 1.39. The molecule has 1 aliphatic rings. The van der Waals surface area contributed by atoms with E-state index in [4.69, 9.17) is 9.47 Å². The number of ether oxygens (including phenoxy) is 2. The van der Waals surface area contributed by atoms with Gasteiger partial charge in [0.05, 0.1) is 4.88 Å². The molecule has 2 amide bonds. The maximum atomic E-state index is 13.1. The summed E-state index contributed by atoms with van der Waals surface area (Å²) in [6.07, 6.45) is 0. The Hall–Kier alpha value is -3.72. The van der Waals surface area contributed by atoms with Gasteiger partial charge in [0, 0.05) is 26.2 Å². The summed E-state index contributed by atoms with van der Waals surface area (Å²) in [5, 5.41) is 1.85. The van der Waals surface area contributed by atoms with E-state index in [0.29, 0.717) is 36.8 Å². The van der Waals surface area contributed by atoms with Crippen molar-refractivity contribution in [1.29, 1.82) is 0 Å². The fourth-order valence-corrected chi connectivity index (χ4v) is 4.21. The van der Waals surface area contributed by atoms with Crippen molar-refractivity contribution in [2.45, 2.75) is 6.61 Å². The molecule has 1 saturated heterocycles. The van der Waals surface area contributed by atoms with Crippen LogP contribution < -0.4 is 4.74 Å². The third-order valence-corrected chi connectivity index (χ3v) is 6.25. The van der Waals surface area contributed by atoms with Crippen LogP contribution >= 0.6 is 11.3 Å². The van der Waals surface area contributed by atoms with Gasteiger partial charge in [0.25, 0.3) is 11.8 Å². The van der Waals surface area contributed by atoms with Crippen LogP contribution in [0.4, 0.5) is 4.39 Å². The molecule has 7 nitrogen and oxygen atoms in total. The maximum absolute atomic E-state index is 13.1. The van der Waals surface area contributed by atoms with Gasteiger partial charge in [0.15, 0.2) is 6.61 Å². The molecule has 1 aliphatic heterocycles. The molecule has 0 unspecified atom stereocenters. The molecule has 9 heteroatoms. The Labute approximate surface area is 200 Å². The number of hydrogen-bond acceptors (Lipinski definition) is 6. The predicted molar refractivity (Wildman–Crippen MR) is 124 cm³/mol. The van der Waals surface area contributed by atoms with Crippen LogP contribution in [0.25, 0.3) is 0 Å². The Morgan fingerprint density at radius 3 is 2.29 bits per heavy atom. The minimum atomic E-state index is -0.672. The van der Waals surface area contributed by atoms with Crippen molar-refractivity contribution in [2.75, 3.05) is 32.8 Å². The molecule has 34 heavy (non-hydrogen) atoms. The Morgan fingerprint density at radius 1 is 0.882 bits per heavy atom. The van der Waals surface area contributed by atoms with Crippen molar-refractivity contribution in [1.82, 2.24) is 9.80 Å². The maximum Gasteiger partial charge on any atom is 0.342 e. The molecule has 0 N–H and O–H groups in total. The molecule has 2 aromatic carbocycles. The summed E-state index contributed by atoms with van der Waals surface area (Å²) in [6, 6.07) is 16.1. The fourth-order valence-electron chi connectivity index (χ4n) is 3.51. The van der Waals surface area contributed by atoms with Crippen molar-refractivity contribution >= 4 is 29.1 Å². The monoisotopic (exact) mass is 482 g/mol. The minimum Gasteiger partial charge on any atom is -0.488 e. The van der Waals surface area contributed by atoms with Gasteiger partial charge >= 0.3 is 5.97 Å². The summed E-state index contributed by atoms with van der Waals surface area (Å²) < 4.78 is 24.0. The number of halogens is 1. The zero-order valence-corrected chi connectivity index (χ0v) is 19.1. The van der Waals surface area contributed by atoms with Crippen LogP contribution in [0.2, 0.25) is 0 Å². The normalized spacial score (nSPS) is 13.4. The van der Waals surface area contributed by atoms with E-state index in [1.807, 2.05) is 11.4 Å². The highest BCUT2D eigenvalue weighted by Gasteiger charge is 2.26. The van der Waals surface area contributed by atoms with Gasteiger partial charge in [0.1, 0.15) is 23.7 Å². The molecule has 2 heterocycles. The first-order chi connectivity index (χ1) is 16.5. The Balaban J connectivity index is 1.27. The number of amides is 2. The fraction of sp³-hybridized carbons (Fsp3) is 0.240. The molecule has 4 rings (SSSR count). The van der Waals surface area contributed by atoms with Crippen LogP contribution in [0, 0.1) is 5.82 Å². The largest absolute Gasteiger partial charge is 0.488 e. The lowest BCUT2D eigenvalue weighted by Crippen LogP contribution is -2.51. The molecule has 0 atom stereocenters. The Bertz CT molecular complexity index is 1140. The molecule has 0 radical (unpaired) electrons. The second-order valence-corrected chi connectivity index (χ2v) is 8.59. The van der Waals surface area contributed by atoms with Crippen LogP contribution in [0.1, 0.15) is 25.6 Å². The first-order valence-electron chi connectivity index (χ1n) is 10.8. The second kappa shape index (κ2) is 10.9. The minimum absolute atomic E-state index is 0.0363. The first kappa shape index (κ1) is 23.4. The molecule has 0 spiro atoms. The average Bonchev–Trinajstić information content (AvgIpc) is 3.42. The van der Waals surface area contributed by atoms with Gasteiger partial charge in [-0.15, -0.1) is 11.3 Å². The van der Waals surface area contributed by atoms with Crippen molar-refractivity contribution in [2.24, 2.45) is 0 Å². The van der Waals surface area contributed by atoms with Gasteiger partial charge in [-0.2, -0.15) is 0 Å². The van der Waals surface area contributed by atoms with Crippen LogP contribution in [-0.4, -0.2) is 60.4 Å². The number of thiophene rings is 1. The number of esters is 1. The van der Waals surface area contributed by atoms with E-state index >= 15 is 0 Å². The number of rotatable bonds is 7. The summed E-state index contributed by atoms with van der Waals surface area (Å²) in [6.45, 7) is 1.37. The molecule has 0 bridgehead atoms. The van der Waals surface area contributed by atoms with Crippen molar-refractivity contribution < 1.29 is 28.2 Å². The lowest BCUT2D eigenvalue weighted by molar-refractivity contribution is -0.136. The van der Waals surface area contributed by atoms with Crippen LogP contribution in [0.15, 0.2) is 66.0 Å². The number of piperazine rings is 1. The number of carbonyl (C=O) groups excluding carboxylic acids is 3. The van der Waals surface area contributed by atoms with Crippen LogP contribution in [-0.2, 0) is 16.1 Å². The Morgan fingerprint density at radius 2 is 1.59 bits per heavy atom. The summed E-state index contributed by atoms with van der Waals surface area (Å²) in [4.78, 5) is 41.6. The zero-order valence-electron chi connectivity index (χ0n) is 18.3. The zero-order chi connectivity index (χ0) is 23.9. The number of nitrogens with zero attached hydrogens (tertiary/aromatic N) is 2. The number of carbonyl (C=O) groups is 3. The summed E-state index contributed by atoms with van der Waals surface area (Å²) in [5.41, 5.74) is 0.945. The van der Waals surface area contributed by atoms with Crippen LogP contribution in [0.5, 0.6) is 5.75 Å². The number of para-hydroxylation sites is 1. The van der Waals surface area contributed by atoms with E-state index in [-0.39, 0.29) is 29.8 Å². The summed E-state index contributed by atoms with van der Waals surface area (Å²) in [5.74, 6) is -1.06. The van der Waals surface area contributed by atoms with Crippen molar-refractivity contribution in [3.05, 3.63) is 87.9 Å². The van der Waals surface area contributed by atoms with Gasteiger partial charge in [0.2, 0.25) is 0 Å². The molecule has 3 aromatic rings. The number of hydrogen-bond donors (Lipinski definition) is 0. The predicted octanol–water partition coefficient (Wildman–Crippen LogP) is 3.61. The highest BCUT2D eigenvalue weighted by molar-refractivity contribution is 7.12. The van der Waals surface area contributed by atoms with Gasteiger partial charge in [-0.25, -0.2) is 9.18 Å². The van der Waals surface area contributed by atoms with E-state index in [2.05, 4.69) is 0 Å². The van der Waals surface area contributed by atoms with Gasteiger partial charge in [-0.1, -0.05) is 30.3 Å². The van der Waals surface area contributed by atoms with E-state index in [9.17, 15) is 18.8 Å². The molecule has 1 aromatic heterocycles. The smallest absolute Gasteiger partial charge is 0.342 e. The topological polar surface area (TPSA) is 76.2 Å². The molecule has 176 valence electrons. The highest BCUT2D eigenvalue weighted by atomic mass is 32.1. The lowest BCUT2D eigenvalue weighted by atomic mass is 10.2. The molecule has 0 aliphatic carbocycles.